The van der Waals surface area contributed by atoms with Gasteiger partial charge in [0.05, 0.1) is 0 Å². The van der Waals surface area contributed by atoms with E-state index < -0.39 is 0 Å². The highest BCUT2D eigenvalue weighted by molar-refractivity contribution is 4.97. The Labute approximate surface area is 119 Å². The number of rotatable bonds is 4. The highest BCUT2D eigenvalue weighted by Gasteiger charge is 2.40. The Morgan fingerprint density at radius 3 is 2.37 bits per heavy atom. The Morgan fingerprint density at radius 1 is 1.00 bits per heavy atom. The SMILES string of the molecule is CC(C)CN1CC(C2CCCCC2)NCC1C1CC1. The zero-order valence-corrected chi connectivity index (χ0v) is 12.9. The lowest BCUT2D eigenvalue weighted by molar-refractivity contribution is 0.0747. The minimum atomic E-state index is 0.786. The van der Waals surface area contributed by atoms with Crippen LogP contribution in [0.3, 0.4) is 0 Å². The molecule has 1 saturated heterocycles. The minimum absolute atomic E-state index is 0.786. The minimum Gasteiger partial charge on any atom is -0.311 e. The molecule has 1 aliphatic heterocycles. The fourth-order valence-corrected chi connectivity index (χ4v) is 4.33. The second-order valence-electron chi connectivity index (χ2n) is 7.67. The van der Waals surface area contributed by atoms with Gasteiger partial charge in [-0.3, -0.25) is 4.90 Å². The van der Waals surface area contributed by atoms with Crippen LogP contribution in [0.4, 0.5) is 0 Å². The molecule has 0 aromatic carbocycles. The molecule has 3 fully saturated rings. The highest BCUT2D eigenvalue weighted by Crippen LogP contribution is 2.38. The maximum atomic E-state index is 3.92. The van der Waals surface area contributed by atoms with Crippen LogP contribution in [0.1, 0.15) is 58.8 Å². The smallest absolute Gasteiger partial charge is 0.0249 e. The molecule has 2 heteroatoms. The Morgan fingerprint density at radius 2 is 1.74 bits per heavy atom. The molecular weight excluding hydrogens is 232 g/mol. The van der Waals surface area contributed by atoms with Crippen molar-refractivity contribution in [1.29, 1.82) is 0 Å². The van der Waals surface area contributed by atoms with Gasteiger partial charge < -0.3 is 5.32 Å². The Balaban J connectivity index is 1.59. The second kappa shape index (κ2) is 6.13. The number of hydrogen-bond acceptors (Lipinski definition) is 2. The number of nitrogens with zero attached hydrogens (tertiary/aromatic N) is 1. The molecule has 1 N–H and O–H groups in total. The molecule has 110 valence electrons. The standard InChI is InChI=1S/C17H32N2/c1-13(2)11-19-12-16(14-6-4-3-5-7-14)18-10-17(19)15-8-9-15/h13-18H,3-12H2,1-2H3. The van der Waals surface area contributed by atoms with Gasteiger partial charge in [0.15, 0.2) is 0 Å². The van der Waals surface area contributed by atoms with Gasteiger partial charge in [-0.25, -0.2) is 0 Å². The van der Waals surface area contributed by atoms with Gasteiger partial charge in [0.1, 0.15) is 0 Å². The summed E-state index contributed by atoms with van der Waals surface area (Å²) in [4.78, 5) is 2.85. The van der Waals surface area contributed by atoms with Gasteiger partial charge in [0, 0.05) is 31.7 Å². The summed E-state index contributed by atoms with van der Waals surface area (Å²) in [5.74, 6) is 2.79. The number of nitrogens with one attached hydrogen (secondary N) is 1. The van der Waals surface area contributed by atoms with Crippen molar-refractivity contribution in [2.75, 3.05) is 19.6 Å². The van der Waals surface area contributed by atoms with Crippen LogP contribution >= 0.6 is 0 Å². The lowest BCUT2D eigenvalue weighted by atomic mass is 9.82. The predicted octanol–water partition coefficient (Wildman–Crippen LogP) is 3.28. The summed E-state index contributed by atoms with van der Waals surface area (Å²) < 4.78 is 0. The van der Waals surface area contributed by atoms with Crippen molar-refractivity contribution in [3.63, 3.8) is 0 Å². The van der Waals surface area contributed by atoms with Crippen molar-refractivity contribution in [1.82, 2.24) is 10.2 Å². The molecule has 3 aliphatic rings. The molecule has 1 heterocycles. The van der Waals surface area contributed by atoms with Gasteiger partial charge in [0.25, 0.3) is 0 Å². The van der Waals surface area contributed by atoms with Gasteiger partial charge in [-0.15, -0.1) is 0 Å². The quantitative estimate of drug-likeness (QED) is 0.838. The van der Waals surface area contributed by atoms with Crippen LogP contribution in [0.25, 0.3) is 0 Å². The van der Waals surface area contributed by atoms with Crippen molar-refractivity contribution in [2.45, 2.75) is 70.9 Å². The average molecular weight is 264 g/mol. The lowest BCUT2D eigenvalue weighted by Crippen LogP contribution is -2.60. The molecule has 19 heavy (non-hydrogen) atoms. The van der Waals surface area contributed by atoms with Gasteiger partial charge in [-0.05, 0) is 43.4 Å². The van der Waals surface area contributed by atoms with E-state index in [4.69, 9.17) is 0 Å². The molecule has 0 spiro atoms. The van der Waals surface area contributed by atoms with E-state index in [-0.39, 0.29) is 0 Å². The summed E-state index contributed by atoms with van der Waals surface area (Å²) in [5, 5.41) is 3.92. The molecule has 0 aromatic rings. The number of hydrogen-bond donors (Lipinski definition) is 1. The molecule has 3 rings (SSSR count). The number of piperazine rings is 1. The van der Waals surface area contributed by atoms with Crippen LogP contribution in [0, 0.1) is 17.8 Å². The molecule has 0 aromatic heterocycles. The molecule has 0 bridgehead atoms. The Hall–Kier alpha value is -0.0800. The summed E-state index contributed by atoms with van der Waals surface area (Å²) in [6.07, 6.45) is 10.3. The molecule has 0 amide bonds. The third-order valence-electron chi connectivity index (χ3n) is 5.47. The first-order valence-corrected chi connectivity index (χ1v) is 8.71. The van der Waals surface area contributed by atoms with Crippen LogP contribution in [-0.4, -0.2) is 36.6 Å². The van der Waals surface area contributed by atoms with Crippen LogP contribution < -0.4 is 5.32 Å². The molecule has 2 unspecified atom stereocenters. The van der Waals surface area contributed by atoms with E-state index >= 15 is 0 Å². The third-order valence-corrected chi connectivity index (χ3v) is 5.47. The first-order chi connectivity index (χ1) is 9.24. The van der Waals surface area contributed by atoms with Crippen LogP contribution in [0.15, 0.2) is 0 Å². The van der Waals surface area contributed by atoms with E-state index in [1.807, 2.05) is 0 Å². The first kappa shape index (κ1) is 13.9. The highest BCUT2D eigenvalue weighted by atomic mass is 15.2. The van der Waals surface area contributed by atoms with Crippen molar-refractivity contribution in [3.8, 4) is 0 Å². The predicted molar refractivity (Wildman–Crippen MR) is 81.3 cm³/mol. The van der Waals surface area contributed by atoms with Gasteiger partial charge in [-0.1, -0.05) is 33.1 Å². The normalized spacial score (nSPS) is 34.9. The zero-order chi connectivity index (χ0) is 13.2. The molecule has 2 nitrogen and oxygen atoms in total. The molecule has 2 saturated carbocycles. The van der Waals surface area contributed by atoms with Crippen molar-refractivity contribution in [3.05, 3.63) is 0 Å². The van der Waals surface area contributed by atoms with Crippen LogP contribution in [-0.2, 0) is 0 Å². The van der Waals surface area contributed by atoms with Gasteiger partial charge >= 0.3 is 0 Å². The Kier molecular flexibility index (Phi) is 4.48. The van der Waals surface area contributed by atoms with Crippen molar-refractivity contribution >= 4 is 0 Å². The first-order valence-electron chi connectivity index (χ1n) is 8.71. The topological polar surface area (TPSA) is 15.3 Å². The van der Waals surface area contributed by atoms with Crippen molar-refractivity contribution in [2.24, 2.45) is 17.8 Å². The van der Waals surface area contributed by atoms with E-state index in [2.05, 4.69) is 24.1 Å². The van der Waals surface area contributed by atoms with Gasteiger partial charge in [-0.2, -0.15) is 0 Å². The van der Waals surface area contributed by atoms with Gasteiger partial charge in [0.2, 0.25) is 0 Å². The summed E-state index contributed by atoms with van der Waals surface area (Å²) in [6, 6.07) is 1.64. The summed E-state index contributed by atoms with van der Waals surface area (Å²) in [6.45, 7) is 8.65. The van der Waals surface area contributed by atoms with Crippen LogP contribution in [0.2, 0.25) is 0 Å². The summed E-state index contributed by atoms with van der Waals surface area (Å²) in [7, 11) is 0. The van der Waals surface area contributed by atoms with Crippen LogP contribution in [0.5, 0.6) is 0 Å². The van der Waals surface area contributed by atoms with E-state index in [1.54, 1.807) is 0 Å². The van der Waals surface area contributed by atoms with E-state index in [9.17, 15) is 0 Å². The monoisotopic (exact) mass is 264 g/mol. The fourth-order valence-electron chi connectivity index (χ4n) is 4.33. The van der Waals surface area contributed by atoms with E-state index in [0.29, 0.717) is 0 Å². The maximum Gasteiger partial charge on any atom is 0.0249 e. The average Bonchev–Trinajstić information content (AvgIpc) is 3.23. The molecule has 0 radical (unpaired) electrons. The van der Waals surface area contributed by atoms with E-state index in [1.165, 1.54) is 64.6 Å². The lowest BCUT2D eigenvalue weighted by Gasteiger charge is -2.45. The zero-order valence-electron chi connectivity index (χ0n) is 12.9. The van der Waals surface area contributed by atoms with E-state index in [0.717, 1.165) is 29.8 Å². The molecule has 2 aliphatic carbocycles. The summed E-state index contributed by atoms with van der Waals surface area (Å²) in [5.41, 5.74) is 0. The summed E-state index contributed by atoms with van der Waals surface area (Å²) >= 11 is 0. The third kappa shape index (κ3) is 3.52. The molecule has 2 atom stereocenters. The van der Waals surface area contributed by atoms with Crippen molar-refractivity contribution < 1.29 is 0 Å². The second-order valence-corrected chi connectivity index (χ2v) is 7.67. The molecular formula is C17H32N2. The Bertz CT molecular complexity index is 279. The maximum absolute atomic E-state index is 3.92. The fraction of sp³-hybridized carbons (Fsp3) is 1.00. The largest absolute Gasteiger partial charge is 0.311 e.